The summed E-state index contributed by atoms with van der Waals surface area (Å²) in [7, 11) is 1.79. The molecule has 2 aromatic heterocycles. The summed E-state index contributed by atoms with van der Waals surface area (Å²) in [6.07, 6.45) is 4.78. The van der Waals surface area contributed by atoms with Crippen molar-refractivity contribution in [1.82, 2.24) is 24.6 Å². The number of rotatable bonds is 5. The zero-order chi connectivity index (χ0) is 19.0. The van der Waals surface area contributed by atoms with E-state index in [1.807, 2.05) is 33.8 Å². The van der Waals surface area contributed by atoms with Crippen molar-refractivity contribution in [3.05, 3.63) is 48.0 Å². The standard InChI is InChI=1S/C20H25N5O2/c1-14-9-18(14)20(27)24-12-16-6-8-22-25(16)17(13-24)10-19(26)23(2)11-15-5-3-4-7-21-15/h3-8,14,17-18H,9-13H2,1-2H3/t14-,17-,18-/m1/s1. The topological polar surface area (TPSA) is 71.3 Å². The first kappa shape index (κ1) is 17.7. The summed E-state index contributed by atoms with van der Waals surface area (Å²) in [5.74, 6) is 0.881. The van der Waals surface area contributed by atoms with Crippen molar-refractivity contribution in [1.29, 1.82) is 0 Å². The molecule has 3 heterocycles. The summed E-state index contributed by atoms with van der Waals surface area (Å²) in [4.78, 5) is 33.4. The van der Waals surface area contributed by atoms with Gasteiger partial charge in [0.05, 0.1) is 36.9 Å². The van der Waals surface area contributed by atoms with Crippen LogP contribution in [0.5, 0.6) is 0 Å². The molecule has 1 fully saturated rings. The molecule has 0 unspecified atom stereocenters. The normalized spacial score (nSPS) is 23.6. The van der Waals surface area contributed by atoms with Crippen molar-refractivity contribution in [2.45, 2.75) is 38.9 Å². The number of fused-ring (bicyclic) bond motifs is 1. The summed E-state index contributed by atoms with van der Waals surface area (Å²) in [6.45, 7) is 3.71. The summed E-state index contributed by atoms with van der Waals surface area (Å²) in [5, 5.41) is 4.40. The lowest BCUT2D eigenvalue weighted by Crippen LogP contribution is -2.43. The molecule has 27 heavy (non-hydrogen) atoms. The molecular weight excluding hydrogens is 342 g/mol. The first-order chi connectivity index (χ1) is 13.0. The smallest absolute Gasteiger partial charge is 0.226 e. The van der Waals surface area contributed by atoms with Crippen LogP contribution in [-0.2, 0) is 22.7 Å². The van der Waals surface area contributed by atoms with Gasteiger partial charge in [-0.1, -0.05) is 13.0 Å². The van der Waals surface area contributed by atoms with Gasteiger partial charge in [0.15, 0.2) is 0 Å². The van der Waals surface area contributed by atoms with Crippen molar-refractivity contribution in [3.63, 3.8) is 0 Å². The molecule has 7 heteroatoms. The molecule has 4 rings (SSSR count). The number of hydrogen-bond donors (Lipinski definition) is 0. The maximum atomic E-state index is 12.8. The second kappa shape index (κ2) is 7.13. The minimum absolute atomic E-state index is 0.0289. The number of carbonyl (C=O) groups is 2. The van der Waals surface area contributed by atoms with Crippen LogP contribution < -0.4 is 0 Å². The number of nitrogens with zero attached hydrogens (tertiary/aromatic N) is 5. The van der Waals surface area contributed by atoms with Gasteiger partial charge in [0.1, 0.15) is 0 Å². The van der Waals surface area contributed by atoms with Crippen LogP contribution in [0.1, 0.15) is 37.2 Å². The van der Waals surface area contributed by atoms with Gasteiger partial charge in [0.25, 0.3) is 0 Å². The van der Waals surface area contributed by atoms with E-state index in [1.54, 1.807) is 24.3 Å². The molecule has 2 aromatic rings. The lowest BCUT2D eigenvalue weighted by Gasteiger charge is -2.34. The third kappa shape index (κ3) is 3.72. The van der Waals surface area contributed by atoms with E-state index in [0.717, 1.165) is 17.8 Å². The van der Waals surface area contributed by atoms with E-state index in [2.05, 4.69) is 17.0 Å². The molecule has 2 aliphatic rings. The quantitative estimate of drug-likeness (QED) is 0.809. The van der Waals surface area contributed by atoms with Crippen molar-refractivity contribution >= 4 is 11.8 Å². The summed E-state index contributed by atoms with van der Waals surface area (Å²) < 4.78 is 1.91. The van der Waals surface area contributed by atoms with Crippen molar-refractivity contribution in [2.75, 3.05) is 13.6 Å². The Bertz CT molecular complexity index is 834. The molecule has 0 saturated heterocycles. The Morgan fingerprint density at radius 3 is 2.78 bits per heavy atom. The summed E-state index contributed by atoms with van der Waals surface area (Å²) in [6, 6.07) is 7.50. The Labute approximate surface area is 159 Å². The molecule has 0 N–H and O–H groups in total. The molecule has 0 bridgehead atoms. The van der Waals surface area contributed by atoms with Gasteiger partial charge in [-0.15, -0.1) is 0 Å². The van der Waals surface area contributed by atoms with Gasteiger partial charge in [0.2, 0.25) is 11.8 Å². The van der Waals surface area contributed by atoms with Crippen LogP contribution in [0.25, 0.3) is 0 Å². The molecule has 1 saturated carbocycles. The maximum Gasteiger partial charge on any atom is 0.226 e. The highest BCUT2D eigenvalue weighted by Crippen LogP contribution is 2.40. The molecule has 3 atom stereocenters. The average molecular weight is 367 g/mol. The lowest BCUT2D eigenvalue weighted by atomic mass is 10.1. The molecular formula is C20H25N5O2. The predicted octanol–water partition coefficient (Wildman–Crippen LogP) is 1.87. The van der Waals surface area contributed by atoms with Crippen molar-refractivity contribution in [3.8, 4) is 0 Å². The van der Waals surface area contributed by atoms with E-state index in [1.165, 1.54) is 0 Å². The van der Waals surface area contributed by atoms with Crippen molar-refractivity contribution in [2.24, 2.45) is 11.8 Å². The lowest BCUT2D eigenvalue weighted by molar-refractivity contribution is -0.137. The molecule has 142 valence electrons. The van der Waals surface area contributed by atoms with E-state index < -0.39 is 0 Å². The molecule has 0 aromatic carbocycles. The van der Waals surface area contributed by atoms with Gasteiger partial charge in [0, 0.05) is 31.9 Å². The van der Waals surface area contributed by atoms with Crippen LogP contribution >= 0.6 is 0 Å². The zero-order valence-electron chi connectivity index (χ0n) is 15.8. The zero-order valence-corrected chi connectivity index (χ0v) is 15.8. The van der Waals surface area contributed by atoms with Crippen molar-refractivity contribution < 1.29 is 9.59 Å². The largest absolute Gasteiger partial charge is 0.340 e. The fourth-order valence-corrected chi connectivity index (χ4v) is 3.79. The second-order valence-corrected chi connectivity index (χ2v) is 7.73. The summed E-state index contributed by atoms with van der Waals surface area (Å²) in [5.41, 5.74) is 1.85. The van der Waals surface area contributed by atoms with Crippen LogP contribution in [0.15, 0.2) is 36.7 Å². The number of amides is 2. The fourth-order valence-electron chi connectivity index (χ4n) is 3.79. The first-order valence-corrected chi connectivity index (χ1v) is 9.48. The van der Waals surface area contributed by atoms with Crippen LogP contribution in [0.3, 0.4) is 0 Å². The van der Waals surface area contributed by atoms with Gasteiger partial charge >= 0.3 is 0 Å². The van der Waals surface area contributed by atoms with E-state index in [9.17, 15) is 9.59 Å². The monoisotopic (exact) mass is 367 g/mol. The fraction of sp³-hybridized carbons (Fsp3) is 0.500. The summed E-state index contributed by atoms with van der Waals surface area (Å²) >= 11 is 0. The van der Waals surface area contributed by atoms with E-state index in [-0.39, 0.29) is 23.8 Å². The second-order valence-electron chi connectivity index (χ2n) is 7.73. The predicted molar refractivity (Wildman–Crippen MR) is 99.3 cm³/mol. The third-order valence-corrected chi connectivity index (χ3v) is 5.58. The van der Waals surface area contributed by atoms with Gasteiger partial charge in [-0.3, -0.25) is 19.3 Å². The van der Waals surface area contributed by atoms with Gasteiger partial charge < -0.3 is 9.80 Å². The minimum atomic E-state index is -0.125. The highest BCUT2D eigenvalue weighted by Gasteiger charge is 2.43. The van der Waals surface area contributed by atoms with E-state index >= 15 is 0 Å². The minimum Gasteiger partial charge on any atom is -0.340 e. The van der Waals surface area contributed by atoms with Gasteiger partial charge in [-0.25, -0.2) is 0 Å². The SMILES string of the molecule is C[C@@H]1C[C@H]1C(=O)N1Cc2ccnn2[C@H](CC(=O)N(C)Cc2ccccn2)C1. The molecule has 0 spiro atoms. The highest BCUT2D eigenvalue weighted by molar-refractivity contribution is 5.82. The molecule has 1 aliphatic heterocycles. The maximum absolute atomic E-state index is 12.8. The third-order valence-electron chi connectivity index (χ3n) is 5.58. The van der Waals surface area contributed by atoms with E-state index in [0.29, 0.717) is 32.0 Å². The van der Waals surface area contributed by atoms with Crippen LogP contribution in [0.2, 0.25) is 0 Å². The first-order valence-electron chi connectivity index (χ1n) is 9.48. The molecule has 2 amide bonds. The Morgan fingerprint density at radius 1 is 1.26 bits per heavy atom. The Morgan fingerprint density at radius 2 is 2.07 bits per heavy atom. The number of pyridine rings is 1. The number of carbonyl (C=O) groups excluding carboxylic acids is 2. The Balaban J connectivity index is 1.44. The van der Waals surface area contributed by atoms with Gasteiger partial charge in [-0.2, -0.15) is 5.10 Å². The average Bonchev–Trinajstić information content (AvgIpc) is 3.20. The molecule has 1 aliphatic carbocycles. The highest BCUT2D eigenvalue weighted by atomic mass is 16.2. The number of hydrogen-bond acceptors (Lipinski definition) is 4. The van der Waals surface area contributed by atoms with Crippen LogP contribution in [0, 0.1) is 11.8 Å². The van der Waals surface area contributed by atoms with E-state index in [4.69, 9.17) is 0 Å². The molecule has 0 radical (unpaired) electrons. The van der Waals surface area contributed by atoms with Crippen LogP contribution in [-0.4, -0.2) is 50.0 Å². The van der Waals surface area contributed by atoms with Gasteiger partial charge in [-0.05, 0) is 30.5 Å². The van der Waals surface area contributed by atoms with Crippen LogP contribution in [0.4, 0.5) is 0 Å². The number of aromatic nitrogens is 3. The Hall–Kier alpha value is -2.70. The Kier molecular flexibility index (Phi) is 4.68. The molecule has 7 nitrogen and oxygen atoms in total.